The highest BCUT2D eigenvalue weighted by atomic mass is 32.2. The van der Waals surface area contributed by atoms with Crippen molar-refractivity contribution in [2.45, 2.75) is 42.9 Å². The first-order valence-corrected chi connectivity index (χ1v) is 15.6. The second-order valence-corrected chi connectivity index (χ2v) is 12.3. The predicted octanol–water partition coefficient (Wildman–Crippen LogP) is 4.58. The van der Waals surface area contributed by atoms with Gasteiger partial charge in [-0.15, -0.1) is 11.3 Å². The molecule has 0 bridgehead atoms. The quantitative estimate of drug-likeness (QED) is 0.0709. The molecule has 1 aliphatic rings. The van der Waals surface area contributed by atoms with Crippen LogP contribution < -0.4 is 15.2 Å². The van der Waals surface area contributed by atoms with Crippen LogP contribution in [0.2, 0.25) is 0 Å². The summed E-state index contributed by atoms with van der Waals surface area (Å²) in [5.74, 6) is 0.645. The van der Waals surface area contributed by atoms with E-state index in [4.69, 9.17) is 30.1 Å². The number of amidine groups is 1. The van der Waals surface area contributed by atoms with Crippen molar-refractivity contribution in [3.8, 4) is 5.75 Å². The Morgan fingerprint density at radius 1 is 1.12 bits per heavy atom. The number of sulfonamides is 1. The van der Waals surface area contributed by atoms with E-state index in [1.807, 2.05) is 24.3 Å². The zero-order valence-electron chi connectivity index (χ0n) is 22.3. The normalized spacial score (nSPS) is 17.0. The molecule has 1 fully saturated rings. The van der Waals surface area contributed by atoms with E-state index in [0.29, 0.717) is 36.0 Å². The van der Waals surface area contributed by atoms with Crippen LogP contribution in [0.15, 0.2) is 82.8 Å². The van der Waals surface area contributed by atoms with E-state index in [0.717, 1.165) is 41.6 Å². The van der Waals surface area contributed by atoms with Crippen molar-refractivity contribution in [3.05, 3.63) is 88.9 Å². The number of nitrogens with zero attached hydrogens (tertiary/aromatic N) is 2. The minimum absolute atomic E-state index is 0.0301. The van der Waals surface area contributed by atoms with Crippen LogP contribution >= 0.6 is 11.3 Å². The van der Waals surface area contributed by atoms with Crippen molar-refractivity contribution in [1.82, 2.24) is 9.71 Å². The predicted molar refractivity (Wildman–Crippen MR) is 157 cm³/mol. The minimum atomic E-state index is -3.85. The fourth-order valence-corrected chi connectivity index (χ4v) is 6.87. The Kier molecular flexibility index (Phi) is 9.47. The lowest BCUT2D eigenvalue weighted by Crippen LogP contribution is -2.30. The summed E-state index contributed by atoms with van der Waals surface area (Å²) in [7, 11) is -3.85. The number of aromatic nitrogens is 1. The monoisotopic (exact) mass is 596 g/mol. The van der Waals surface area contributed by atoms with Gasteiger partial charge in [-0.3, -0.25) is 0 Å². The Hall–Kier alpha value is -3.55. The van der Waals surface area contributed by atoms with Crippen LogP contribution in [0.5, 0.6) is 5.75 Å². The Morgan fingerprint density at radius 2 is 1.98 bits per heavy atom. The van der Waals surface area contributed by atoms with E-state index in [2.05, 4.69) is 9.88 Å². The lowest BCUT2D eigenvalue weighted by atomic mass is 10.0. The molecule has 2 atom stereocenters. The maximum Gasteiger partial charge on any atom is 0.241 e. The molecule has 0 radical (unpaired) electrons. The molecule has 4 N–H and O–H groups in total. The Labute approximate surface area is 242 Å². The molecule has 0 aliphatic carbocycles. The molecule has 1 saturated heterocycles. The Balaban J connectivity index is 1.36. The molecule has 0 spiro atoms. The maximum atomic E-state index is 13.3. The summed E-state index contributed by atoms with van der Waals surface area (Å²) in [6, 6.07) is 20.2. The zero-order chi connectivity index (χ0) is 28.7. The largest absolute Gasteiger partial charge is 0.491 e. The molecule has 1 aromatic heterocycles. The van der Waals surface area contributed by atoms with Crippen molar-refractivity contribution < 1.29 is 27.8 Å². The Bertz CT molecular complexity index is 1590. The topological polar surface area (TPSA) is 145 Å². The van der Waals surface area contributed by atoms with Gasteiger partial charge in [-0.1, -0.05) is 41.6 Å². The second kappa shape index (κ2) is 13.4. The number of hydrogen-bond acceptors (Lipinski definition) is 9. The SMILES string of the molecule is NC(=NO)c1cccc(CC(NS(=O)(=O)c2ccccc2)c2nc3ccc(OCCOC4CCCCO4)cc3s2)c1. The van der Waals surface area contributed by atoms with Gasteiger partial charge in [-0.25, -0.2) is 18.1 Å². The van der Waals surface area contributed by atoms with E-state index in [9.17, 15) is 8.42 Å². The van der Waals surface area contributed by atoms with Gasteiger partial charge >= 0.3 is 0 Å². The number of hydrogen-bond donors (Lipinski definition) is 3. The van der Waals surface area contributed by atoms with E-state index < -0.39 is 16.1 Å². The third-order valence-corrected chi connectivity index (χ3v) is 9.21. The molecular formula is C29H32N4O6S2. The molecule has 2 unspecified atom stereocenters. The molecule has 5 rings (SSSR count). The van der Waals surface area contributed by atoms with Crippen molar-refractivity contribution in [2.24, 2.45) is 10.9 Å². The van der Waals surface area contributed by atoms with E-state index in [-0.39, 0.29) is 17.0 Å². The van der Waals surface area contributed by atoms with Gasteiger partial charge in [0.1, 0.15) is 17.4 Å². The number of benzene rings is 3. The highest BCUT2D eigenvalue weighted by Crippen LogP contribution is 2.32. The molecule has 10 nitrogen and oxygen atoms in total. The van der Waals surface area contributed by atoms with E-state index >= 15 is 0 Å². The lowest BCUT2D eigenvalue weighted by Gasteiger charge is -2.22. The third-order valence-electron chi connectivity index (χ3n) is 6.59. The van der Waals surface area contributed by atoms with E-state index in [1.165, 1.54) is 11.3 Å². The van der Waals surface area contributed by atoms with Crippen LogP contribution in [0.4, 0.5) is 0 Å². The number of nitrogens with two attached hydrogens (primary N) is 1. The first kappa shape index (κ1) is 29.0. The van der Waals surface area contributed by atoms with Crippen molar-refractivity contribution in [1.29, 1.82) is 0 Å². The molecule has 216 valence electrons. The van der Waals surface area contributed by atoms with Crippen LogP contribution in [0, 0.1) is 0 Å². The highest BCUT2D eigenvalue weighted by molar-refractivity contribution is 7.89. The fraction of sp³-hybridized carbons (Fsp3) is 0.310. The van der Waals surface area contributed by atoms with Gasteiger partial charge in [0.25, 0.3) is 0 Å². The van der Waals surface area contributed by atoms with Crippen molar-refractivity contribution in [2.75, 3.05) is 19.8 Å². The van der Waals surface area contributed by atoms with Crippen LogP contribution in [-0.4, -0.2) is 50.6 Å². The van der Waals surface area contributed by atoms with Gasteiger partial charge in [-0.05, 0) is 67.6 Å². The Morgan fingerprint density at radius 3 is 2.76 bits per heavy atom. The summed E-state index contributed by atoms with van der Waals surface area (Å²) in [4.78, 5) is 4.93. The molecule has 1 aliphatic heterocycles. The van der Waals surface area contributed by atoms with E-state index in [1.54, 1.807) is 48.5 Å². The zero-order valence-corrected chi connectivity index (χ0v) is 23.9. The van der Waals surface area contributed by atoms with Gasteiger partial charge in [0.15, 0.2) is 12.1 Å². The average molecular weight is 597 g/mol. The molecule has 0 saturated carbocycles. The third kappa shape index (κ3) is 7.60. The van der Waals surface area contributed by atoms with Crippen LogP contribution in [0.25, 0.3) is 10.2 Å². The summed E-state index contributed by atoms with van der Waals surface area (Å²) in [6.45, 7) is 1.53. The van der Waals surface area contributed by atoms with Crippen LogP contribution in [0.3, 0.4) is 0 Å². The van der Waals surface area contributed by atoms with Crippen LogP contribution in [0.1, 0.15) is 41.4 Å². The van der Waals surface area contributed by atoms with Gasteiger partial charge in [0.05, 0.1) is 27.8 Å². The molecule has 41 heavy (non-hydrogen) atoms. The highest BCUT2D eigenvalue weighted by Gasteiger charge is 2.25. The standard InChI is InChI=1S/C29H32N4O6S2/c30-28(32-34)21-8-6-7-20(17-21)18-25(33-41(35,36)23-9-2-1-3-10-23)29-31-24-13-12-22(19-26(24)40-29)37-15-16-39-27-11-4-5-14-38-27/h1-3,6-10,12-13,17,19,25,27,33-34H,4-5,11,14-16,18H2,(H2,30,32). The summed E-state index contributed by atoms with van der Waals surface area (Å²) >= 11 is 1.39. The number of nitrogens with one attached hydrogen (secondary N) is 1. The number of rotatable bonds is 12. The number of fused-ring (bicyclic) bond motifs is 1. The number of thiazole rings is 1. The summed E-state index contributed by atoms with van der Waals surface area (Å²) in [5.41, 5.74) is 7.84. The molecule has 4 aromatic rings. The van der Waals surface area contributed by atoms with Gasteiger partial charge in [0.2, 0.25) is 10.0 Å². The molecule has 12 heteroatoms. The summed E-state index contributed by atoms with van der Waals surface area (Å²) in [6.07, 6.45) is 3.21. The van der Waals surface area contributed by atoms with Crippen molar-refractivity contribution in [3.63, 3.8) is 0 Å². The first-order chi connectivity index (χ1) is 19.9. The molecule has 3 aromatic carbocycles. The molecule has 2 heterocycles. The second-order valence-electron chi connectivity index (χ2n) is 9.57. The van der Waals surface area contributed by atoms with Crippen LogP contribution in [-0.2, 0) is 25.9 Å². The lowest BCUT2D eigenvalue weighted by molar-refractivity contribution is -0.165. The smallest absolute Gasteiger partial charge is 0.241 e. The molecular weight excluding hydrogens is 564 g/mol. The minimum Gasteiger partial charge on any atom is -0.491 e. The number of ether oxygens (including phenoxy) is 3. The average Bonchev–Trinajstić information content (AvgIpc) is 3.43. The molecule has 0 amide bonds. The van der Waals surface area contributed by atoms with Gasteiger partial charge < -0.3 is 25.2 Å². The number of oxime groups is 1. The fourth-order valence-electron chi connectivity index (χ4n) is 4.53. The maximum absolute atomic E-state index is 13.3. The van der Waals surface area contributed by atoms with Gasteiger partial charge in [0, 0.05) is 12.2 Å². The summed E-state index contributed by atoms with van der Waals surface area (Å²) in [5, 5.41) is 12.8. The van der Waals surface area contributed by atoms with Gasteiger partial charge in [-0.2, -0.15) is 0 Å². The van der Waals surface area contributed by atoms with Crippen molar-refractivity contribution >= 4 is 37.4 Å². The first-order valence-electron chi connectivity index (χ1n) is 13.3. The summed E-state index contributed by atoms with van der Waals surface area (Å²) < 4.78 is 47.6.